The van der Waals surface area contributed by atoms with Crippen molar-refractivity contribution in [1.82, 2.24) is 20.4 Å². The molecule has 0 aliphatic carbocycles. The maximum Gasteiger partial charge on any atom is 0.253 e. The first-order chi connectivity index (χ1) is 14.5. The average Bonchev–Trinajstić information content (AvgIpc) is 3.19. The summed E-state index contributed by atoms with van der Waals surface area (Å²) in [4.78, 5) is 13.4. The van der Waals surface area contributed by atoms with Gasteiger partial charge in [-0.1, -0.05) is 12.1 Å². The largest absolute Gasteiger partial charge is 0.388 e. The van der Waals surface area contributed by atoms with E-state index < -0.39 is 5.60 Å². The Morgan fingerprint density at radius 2 is 2.07 bits per heavy atom. The van der Waals surface area contributed by atoms with Crippen molar-refractivity contribution in [3.05, 3.63) is 30.0 Å². The molecule has 2 saturated heterocycles. The van der Waals surface area contributed by atoms with Gasteiger partial charge in [-0.15, -0.1) is 0 Å². The molecule has 0 bridgehead atoms. The summed E-state index contributed by atoms with van der Waals surface area (Å²) >= 11 is 0. The first-order valence-corrected chi connectivity index (χ1v) is 11.3. The van der Waals surface area contributed by atoms with Crippen LogP contribution < -0.4 is 10.6 Å². The van der Waals surface area contributed by atoms with E-state index in [4.69, 9.17) is 4.74 Å². The number of aromatic nitrogens is 2. The summed E-state index contributed by atoms with van der Waals surface area (Å²) in [6, 6.07) is 5.66. The molecule has 2 aromatic rings. The van der Waals surface area contributed by atoms with Gasteiger partial charge in [0, 0.05) is 30.8 Å². The van der Waals surface area contributed by atoms with Gasteiger partial charge in [-0.2, -0.15) is 5.10 Å². The van der Waals surface area contributed by atoms with Gasteiger partial charge in [-0.05, 0) is 71.0 Å². The van der Waals surface area contributed by atoms with Gasteiger partial charge in [-0.25, -0.2) is 0 Å². The fourth-order valence-corrected chi connectivity index (χ4v) is 4.68. The molecule has 1 aromatic heterocycles. The van der Waals surface area contributed by atoms with Crippen LogP contribution in [0.25, 0.3) is 10.9 Å². The lowest BCUT2D eigenvalue weighted by Crippen LogP contribution is -2.57. The van der Waals surface area contributed by atoms with Crippen molar-refractivity contribution in [3.8, 4) is 0 Å². The predicted molar refractivity (Wildman–Crippen MR) is 117 cm³/mol. The minimum Gasteiger partial charge on any atom is -0.388 e. The fraction of sp³-hybridized carbons (Fsp3) is 0.652. The Labute approximate surface area is 178 Å². The molecule has 2 fully saturated rings. The number of carbonyl (C=O) groups is 1. The third kappa shape index (κ3) is 4.53. The third-order valence-electron chi connectivity index (χ3n) is 6.66. The predicted octanol–water partition coefficient (Wildman–Crippen LogP) is 2.65. The monoisotopic (exact) mass is 414 g/mol. The Morgan fingerprint density at radius 1 is 1.33 bits per heavy atom. The van der Waals surface area contributed by atoms with Crippen LogP contribution in [0.15, 0.2) is 24.4 Å². The van der Waals surface area contributed by atoms with Crippen molar-refractivity contribution in [1.29, 1.82) is 0 Å². The van der Waals surface area contributed by atoms with Gasteiger partial charge >= 0.3 is 0 Å². The van der Waals surface area contributed by atoms with Gasteiger partial charge in [0.25, 0.3) is 5.91 Å². The second-order valence-electron chi connectivity index (χ2n) is 9.12. The van der Waals surface area contributed by atoms with E-state index in [0.29, 0.717) is 29.8 Å². The second-order valence-corrected chi connectivity index (χ2v) is 9.12. The minimum absolute atomic E-state index is 0.154. The van der Waals surface area contributed by atoms with Crippen molar-refractivity contribution in [3.63, 3.8) is 0 Å². The molecule has 1 unspecified atom stereocenters. The number of benzene rings is 1. The third-order valence-corrected chi connectivity index (χ3v) is 6.66. The van der Waals surface area contributed by atoms with Gasteiger partial charge in [0.15, 0.2) is 0 Å². The van der Waals surface area contributed by atoms with Gasteiger partial charge in [0.05, 0.1) is 17.2 Å². The van der Waals surface area contributed by atoms with E-state index in [1.54, 1.807) is 0 Å². The molecule has 1 amide bonds. The zero-order valence-electron chi connectivity index (χ0n) is 18.1. The summed E-state index contributed by atoms with van der Waals surface area (Å²) in [7, 11) is 0. The summed E-state index contributed by atoms with van der Waals surface area (Å²) in [6.45, 7) is 7.20. The SMILES string of the molecule is CC(C)n1cc2cccc(C(=O)NC(CC3CCOCC3)C3(O)CCNCC3)c2n1. The van der Waals surface area contributed by atoms with E-state index >= 15 is 0 Å². The summed E-state index contributed by atoms with van der Waals surface area (Å²) < 4.78 is 7.39. The van der Waals surface area contributed by atoms with Crippen LogP contribution in [-0.2, 0) is 4.74 Å². The highest BCUT2D eigenvalue weighted by Crippen LogP contribution is 2.30. The number of carbonyl (C=O) groups excluding carboxylic acids is 1. The lowest BCUT2D eigenvalue weighted by atomic mass is 9.78. The molecule has 30 heavy (non-hydrogen) atoms. The van der Waals surface area contributed by atoms with Crippen molar-refractivity contribution < 1.29 is 14.6 Å². The highest BCUT2D eigenvalue weighted by atomic mass is 16.5. The quantitative estimate of drug-likeness (QED) is 0.676. The zero-order valence-corrected chi connectivity index (χ0v) is 18.1. The van der Waals surface area contributed by atoms with Crippen molar-refractivity contribution >= 4 is 16.8 Å². The maximum atomic E-state index is 13.4. The molecule has 0 saturated carbocycles. The highest BCUT2D eigenvalue weighted by Gasteiger charge is 2.40. The van der Waals surface area contributed by atoms with Crippen LogP contribution in [0, 0.1) is 5.92 Å². The van der Waals surface area contributed by atoms with Crippen molar-refractivity contribution in [2.45, 2.75) is 63.6 Å². The Hall–Kier alpha value is -1.96. The number of fused-ring (bicyclic) bond motifs is 1. The molecule has 4 rings (SSSR count). The van der Waals surface area contributed by atoms with E-state index in [1.165, 1.54) is 0 Å². The molecule has 1 aromatic carbocycles. The molecule has 3 N–H and O–H groups in total. The van der Waals surface area contributed by atoms with Crippen molar-refractivity contribution in [2.24, 2.45) is 5.92 Å². The lowest BCUT2D eigenvalue weighted by molar-refractivity contribution is -0.0360. The first kappa shape index (κ1) is 21.3. The number of piperidine rings is 1. The molecule has 1 atom stereocenters. The number of nitrogens with one attached hydrogen (secondary N) is 2. The summed E-state index contributed by atoms with van der Waals surface area (Å²) in [6.07, 6.45) is 6.02. The molecule has 2 aliphatic heterocycles. The van der Waals surface area contributed by atoms with Crippen molar-refractivity contribution in [2.75, 3.05) is 26.3 Å². The van der Waals surface area contributed by atoms with Crippen LogP contribution in [0.5, 0.6) is 0 Å². The Bertz CT molecular complexity index is 866. The normalized spacial score (nSPS) is 21.1. The standard InChI is InChI=1S/C23H34N4O3/c1-16(2)27-15-18-4-3-5-19(21(18)26-27)22(28)25-20(14-17-6-12-30-13-7-17)23(29)8-10-24-11-9-23/h3-5,15-17,20,24,29H,6-14H2,1-2H3,(H,25,28). The van der Waals surface area contributed by atoms with E-state index in [9.17, 15) is 9.90 Å². The van der Waals surface area contributed by atoms with Crippen LogP contribution in [-0.4, -0.2) is 58.7 Å². The molecule has 3 heterocycles. The van der Waals surface area contributed by atoms with E-state index in [-0.39, 0.29) is 18.0 Å². The number of aliphatic hydroxyl groups is 1. The number of nitrogens with zero attached hydrogens (tertiary/aromatic N) is 2. The summed E-state index contributed by atoms with van der Waals surface area (Å²) in [5.74, 6) is 0.303. The molecule has 164 valence electrons. The van der Waals surface area contributed by atoms with E-state index in [2.05, 4.69) is 29.6 Å². The Morgan fingerprint density at radius 3 is 2.77 bits per heavy atom. The number of rotatable bonds is 6. The number of hydrogen-bond acceptors (Lipinski definition) is 5. The smallest absolute Gasteiger partial charge is 0.253 e. The number of amides is 1. The summed E-state index contributed by atoms with van der Waals surface area (Å²) in [5, 5.41) is 23.6. The summed E-state index contributed by atoms with van der Waals surface area (Å²) in [5.41, 5.74) is 0.400. The molecule has 7 heteroatoms. The van der Waals surface area contributed by atoms with E-state index in [0.717, 1.165) is 51.0 Å². The van der Waals surface area contributed by atoms with Crippen LogP contribution in [0.3, 0.4) is 0 Å². The first-order valence-electron chi connectivity index (χ1n) is 11.3. The number of ether oxygens (including phenoxy) is 1. The molecule has 0 spiro atoms. The maximum absolute atomic E-state index is 13.4. The fourth-order valence-electron chi connectivity index (χ4n) is 4.68. The molecule has 0 radical (unpaired) electrons. The molecule has 2 aliphatic rings. The Balaban J connectivity index is 1.58. The van der Waals surface area contributed by atoms with Crippen LogP contribution in [0.2, 0.25) is 0 Å². The van der Waals surface area contributed by atoms with E-state index in [1.807, 2.05) is 29.1 Å². The van der Waals surface area contributed by atoms with Gasteiger partial charge in [0.2, 0.25) is 0 Å². The van der Waals surface area contributed by atoms with Crippen LogP contribution in [0.1, 0.15) is 62.4 Å². The van der Waals surface area contributed by atoms with Gasteiger partial charge in [-0.3, -0.25) is 9.48 Å². The number of hydrogen-bond donors (Lipinski definition) is 3. The minimum atomic E-state index is -0.885. The molecular weight excluding hydrogens is 380 g/mol. The second kappa shape index (κ2) is 9.04. The highest BCUT2D eigenvalue weighted by molar-refractivity contribution is 6.05. The zero-order chi connectivity index (χ0) is 21.1. The van der Waals surface area contributed by atoms with Crippen LogP contribution in [0.4, 0.5) is 0 Å². The topological polar surface area (TPSA) is 88.4 Å². The van der Waals surface area contributed by atoms with Crippen LogP contribution >= 0.6 is 0 Å². The lowest BCUT2D eigenvalue weighted by Gasteiger charge is -2.41. The molecular formula is C23H34N4O3. The Kier molecular flexibility index (Phi) is 6.41. The van der Waals surface area contributed by atoms with Gasteiger partial charge < -0.3 is 20.5 Å². The average molecular weight is 415 g/mol. The van der Waals surface area contributed by atoms with Gasteiger partial charge in [0.1, 0.15) is 5.52 Å². The molecule has 7 nitrogen and oxygen atoms in total.